The molecule has 7 heteroatoms. The standard InChI is InChI=1S/C16H23NO6/c1-4-5-10-22-16(20)17-14(15(18)19)12-6-8-13(9-7-12)23-11(2)21-3/h6-9,11,14H,4-5,10H2,1-3H3,(H,17,20)(H,18,19). The SMILES string of the molecule is CCCCOC(=O)NC(C(=O)O)c1ccc(OC(C)OC)cc1. The molecule has 0 saturated heterocycles. The minimum Gasteiger partial charge on any atom is -0.479 e. The molecule has 2 atom stereocenters. The monoisotopic (exact) mass is 325 g/mol. The second-order valence-electron chi connectivity index (χ2n) is 4.90. The third-order valence-electron chi connectivity index (χ3n) is 3.09. The van der Waals surface area contributed by atoms with E-state index in [0.717, 1.165) is 12.8 Å². The molecule has 0 aliphatic heterocycles. The Hall–Kier alpha value is -2.28. The first-order valence-corrected chi connectivity index (χ1v) is 7.43. The number of methoxy groups -OCH3 is 1. The highest BCUT2D eigenvalue weighted by Crippen LogP contribution is 2.19. The van der Waals surface area contributed by atoms with Crippen molar-refractivity contribution in [2.24, 2.45) is 0 Å². The van der Waals surface area contributed by atoms with Gasteiger partial charge in [-0.15, -0.1) is 0 Å². The van der Waals surface area contributed by atoms with E-state index in [1.165, 1.54) is 7.11 Å². The van der Waals surface area contributed by atoms with Gasteiger partial charge in [0.05, 0.1) is 6.61 Å². The molecule has 23 heavy (non-hydrogen) atoms. The number of unbranched alkanes of at least 4 members (excludes halogenated alkanes) is 1. The smallest absolute Gasteiger partial charge is 0.408 e. The van der Waals surface area contributed by atoms with Gasteiger partial charge in [0, 0.05) is 7.11 Å². The summed E-state index contributed by atoms with van der Waals surface area (Å²) in [4.78, 5) is 23.0. The minimum atomic E-state index is -1.18. The largest absolute Gasteiger partial charge is 0.479 e. The molecule has 0 aliphatic rings. The van der Waals surface area contributed by atoms with E-state index in [1.807, 2.05) is 6.92 Å². The van der Waals surface area contributed by atoms with E-state index in [-0.39, 0.29) is 6.61 Å². The molecule has 0 heterocycles. The Bertz CT molecular complexity index is 502. The Morgan fingerprint density at radius 3 is 2.43 bits per heavy atom. The molecule has 0 radical (unpaired) electrons. The van der Waals surface area contributed by atoms with Gasteiger partial charge in [-0.3, -0.25) is 0 Å². The number of carbonyl (C=O) groups is 2. The molecule has 7 nitrogen and oxygen atoms in total. The number of carboxylic acids is 1. The summed E-state index contributed by atoms with van der Waals surface area (Å²) in [6.07, 6.45) is 0.452. The van der Waals surface area contributed by atoms with Crippen LogP contribution in [0.3, 0.4) is 0 Å². The third-order valence-corrected chi connectivity index (χ3v) is 3.09. The summed E-state index contributed by atoms with van der Waals surface area (Å²) in [5, 5.41) is 11.6. The van der Waals surface area contributed by atoms with Crippen molar-refractivity contribution in [3.63, 3.8) is 0 Å². The van der Waals surface area contributed by atoms with Gasteiger partial charge in [0.25, 0.3) is 0 Å². The molecular formula is C16H23NO6. The van der Waals surface area contributed by atoms with Crippen molar-refractivity contribution >= 4 is 12.1 Å². The Balaban J connectivity index is 2.70. The van der Waals surface area contributed by atoms with E-state index in [0.29, 0.717) is 11.3 Å². The lowest BCUT2D eigenvalue weighted by Crippen LogP contribution is -2.34. The van der Waals surface area contributed by atoms with Crippen molar-refractivity contribution in [3.8, 4) is 5.75 Å². The first-order chi connectivity index (χ1) is 11.0. The number of aliphatic carboxylic acids is 1. The van der Waals surface area contributed by atoms with Gasteiger partial charge in [-0.25, -0.2) is 9.59 Å². The number of rotatable bonds is 9. The van der Waals surface area contributed by atoms with Crippen LogP contribution in [0.2, 0.25) is 0 Å². The summed E-state index contributed by atoms with van der Waals surface area (Å²) in [7, 11) is 1.52. The fourth-order valence-electron chi connectivity index (χ4n) is 1.73. The third kappa shape index (κ3) is 6.56. The van der Waals surface area contributed by atoms with Crippen LogP contribution >= 0.6 is 0 Å². The first-order valence-electron chi connectivity index (χ1n) is 7.43. The molecule has 2 N–H and O–H groups in total. The van der Waals surface area contributed by atoms with E-state index in [9.17, 15) is 14.7 Å². The van der Waals surface area contributed by atoms with E-state index in [4.69, 9.17) is 14.2 Å². The molecule has 1 amide bonds. The van der Waals surface area contributed by atoms with Crippen molar-refractivity contribution in [2.75, 3.05) is 13.7 Å². The summed E-state index contributed by atoms with van der Waals surface area (Å²) in [6.45, 7) is 3.97. The quantitative estimate of drug-likeness (QED) is 0.535. The summed E-state index contributed by atoms with van der Waals surface area (Å²) in [5.74, 6) is -0.630. The number of carbonyl (C=O) groups excluding carboxylic acids is 1. The molecular weight excluding hydrogens is 302 g/mol. The van der Waals surface area contributed by atoms with Crippen LogP contribution in [0.4, 0.5) is 4.79 Å². The van der Waals surface area contributed by atoms with Crippen LogP contribution in [0.15, 0.2) is 24.3 Å². The fraction of sp³-hybridized carbons (Fsp3) is 0.500. The van der Waals surface area contributed by atoms with Crippen molar-refractivity contribution in [2.45, 2.75) is 39.0 Å². The van der Waals surface area contributed by atoms with Crippen molar-refractivity contribution in [3.05, 3.63) is 29.8 Å². The van der Waals surface area contributed by atoms with Crippen molar-refractivity contribution in [1.82, 2.24) is 5.32 Å². The number of amides is 1. The molecule has 0 saturated carbocycles. The van der Waals surface area contributed by atoms with Gasteiger partial charge in [0.15, 0.2) is 12.3 Å². The fourth-order valence-corrected chi connectivity index (χ4v) is 1.73. The first kappa shape index (κ1) is 18.8. The van der Waals surface area contributed by atoms with Crippen LogP contribution in [-0.2, 0) is 14.3 Å². The van der Waals surface area contributed by atoms with Gasteiger partial charge in [-0.1, -0.05) is 25.5 Å². The topological polar surface area (TPSA) is 94.1 Å². The Morgan fingerprint density at radius 1 is 1.26 bits per heavy atom. The molecule has 0 bridgehead atoms. The molecule has 2 unspecified atom stereocenters. The number of hydrogen-bond acceptors (Lipinski definition) is 5. The zero-order valence-electron chi connectivity index (χ0n) is 13.6. The van der Waals surface area contributed by atoms with Gasteiger partial charge in [-0.2, -0.15) is 0 Å². The predicted molar refractivity (Wildman–Crippen MR) is 83.3 cm³/mol. The molecule has 0 spiro atoms. The lowest BCUT2D eigenvalue weighted by atomic mass is 10.1. The van der Waals surface area contributed by atoms with Crippen LogP contribution < -0.4 is 10.1 Å². The zero-order valence-corrected chi connectivity index (χ0v) is 13.6. The lowest BCUT2D eigenvalue weighted by Gasteiger charge is -2.16. The molecule has 1 aromatic rings. The number of ether oxygens (including phenoxy) is 3. The number of hydrogen-bond donors (Lipinski definition) is 2. The summed E-state index contributed by atoms with van der Waals surface area (Å²) in [5.41, 5.74) is 0.419. The Morgan fingerprint density at radius 2 is 1.91 bits per heavy atom. The average Bonchev–Trinajstić information content (AvgIpc) is 2.53. The van der Waals surface area contributed by atoms with Gasteiger partial charge in [-0.05, 0) is 31.0 Å². The Kier molecular flexibility index (Phi) is 7.90. The second kappa shape index (κ2) is 9.68. The van der Waals surface area contributed by atoms with Gasteiger partial charge in [0.2, 0.25) is 0 Å². The average molecular weight is 325 g/mol. The number of nitrogens with one attached hydrogen (secondary N) is 1. The van der Waals surface area contributed by atoms with Crippen molar-refractivity contribution in [1.29, 1.82) is 0 Å². The number of alkyl carbamates (subject to hydrolysis) is 1. The van der Waals surface area contributed by atoms with Crippen LogP contribution in [0.25, 0.3) is 0 Å². The minimum absolute atomic E-state index is 0.260. The lowest BCUT2D eigenvalue weighted by molar-refractivity contribution is -0.139. The van der Waals surface area contributed by atoms with E-state index >= 15 is 0 Å². The zero-order chi connectivity index (χ0) is 17.2. The second-order valence-corrected chi connectivity index (χ2v) is 4.90. The van der Waals surface area contributed by atoms with E-state index in [1.54, 1.807) is 31.2 Å². The summed E-state index contributed by atoms with van der Waals surface area (Å²) < 4.78 is 15.3. The Labute approximate surface area is 135 Å². The molecule has 1 aromatic carbocycles. The van der Waals surface area contributed by atoms with Gasteiger partial charge in [0.1, 0.15) is 5.75 Å². The molecule has 0 fully saturated rings. The van der Waals surface area contributed by atoms with Gasteiger partial charge < -0.3 is 24.6 Å². The maximum absolute atomic E-state index is 11.6. The summed E-state index contributed by atoms with van der Waals surface area (Å²) in [6, 6.07) is 5.19. The predicted octanol–water partition coefficient (Wildman–Crippen LogP) is 2.71. The normalized spacial score (nSPS) is 13.0. The van der Waals surface area contributed by atoms with Crippen LogP contribution in [0.1, 0.15) is 38.3 Å². The van der Waals surface area contributed by atoms with E-state index < -0.39 is 24.4 Å². The maximum atomic E-state index is 11.6. The molecule has 1 rings (SSSR count). The van der Waals surface area contributed by atoms with Crippen LogP contribution in [-0.4, -0.2) is 37.2 Å². The van der Waals surface area contributed by atoms with Crippen molar-refractivity contribution < 1.29 is 28.9 Å². The maximum Gasteiger partial charge on any atom is 0.408 e. The highest BCUT2D eigenvalue weighted by Gasteiger charge is 2.22. The number of benzene rings is 1. The molecule has 0 aromatic heterocycles. The van der Waals surface area contributed by atoms with Gasteiger partial charge >= 0.3 is 12.1 Å². The summed E-state index contributed by atoms with van der Waals surface area (Å²) >= 11 is 0. The van der Waals surface area contributed by atoms with Crippen LogP contribution in [0.5, 0.6) is 5.75 Å². The highest BCUT2D eigenvalue weighted by atomic mass is 16.7. The molecule has 0 aliphatic carbocycles. The highest BCUT2D eigenvalue weighted by molar-refractivity contribution is 5.81. The number of carboxylic acid groups (broad SMARTS) is 1. The van der Waals surface area contributed by atoms with E-state index in [2.05, 4.69) is 5.32 Å². The molecule has 128 valence electrons. The van der Waals surface area contributed by atoms with Crippen LogP contribution in [0, 0.1) is 0 Å².